The van der Waals surface area contributed by atoms with Crippen LogP contribution in [0.25, 0.3) is 0 Å². The number of nitrogens with one attached hydrogen (secondary N) is 3. The van der Waals surface area contributed by atoms with Crippen molar-refractivity contribution >= 4 is 17.3 Å². The summed E-state index contributed by atoms with van der Waals surface area (Å²) in [5.41, 5.74) is 1.90. The van der Waals surface area contributed by atoms with Crippen LogP contribution >= 0.6 is 0 Å². The van der Waals surface area contributed by atoms with Crippen LogP contribution in [0, 0.1) is 0 Å². The number of piperidine rings is 1. The van der Waals surface area contributed by atoms with Crippen molar-refractivity contribution in [2.75, 3.05) is 23.7 Å². The van der Waals surface area contributed by atoms with Gasteiger partial charge in [0.1, 0.15) is 0 Å². The van der Waals surface area contributed by atoms with Crippen LogP contribution in [0.4, 0.5) is 11.4 Å². The lowest BCUT2D eigenvalue weighted by atomic mass is 10.1. The van der Waals surface area contributed by atoms with Crippen LogP contribution in [-0.4, -0.2) is 25.0 Å². The monoisotopic (exact) mass is 233 g/mol. The van der Waals surface area contributed by atoms with Crippen LogP contribution in [0.5, 0.6) is 0 Å². The van der Waals surface area contributed by atoms with E-state index in [2.05, 4.69) is 16.0 Å². The number of hydrogen-bond donors (Lipinski definition) is 3. The molecule has 3 N–H and O–H groups in total. The number of rotatable bonds is 3. The van der Waals surface area contributed by atoms with E-state index in [0.717, 1.165) is 24.5 Å². The van der Waals surface area contributed by atoms with E-state index in [1.807, 2.05) is 24.3 Å². The first-order valence-electron chi connectivity index (χ1n) is 6.09. The molecule has 92 valence electrons. The first kappa shape index (κ1) is 11.9. The zero-order valence-corrected chi connectivity index (χ0v) is 10.1. The molecular formula is C13H19N3O. The molecule has 0 spiro atoms. The highest BCUT2D eigenvalue weighted by atomic mass is 16.1. The SMILES string of the molecule is CC(=O)Nc1cccc(NC2CCCNC2)c1. The lowest BCUT2D eigenvalue weighted by Gasteiger charge is -2.25. The molecule has 0 saturated carbocycles. The number of amides is 1. The Balaban J connectivity index is 1.97. The maximum atomic E-state index is 11.0. The zero-order valence-electron chi connectivity index (χ0n) is 10.1. The average Bonchev–Trinajstić information content (AvgIpc) is 2.30. The first-order chi connectivity index (χ1) is 8.24. The van der Waals surface area contributed by atoms with Crippen LogP contribution in [-0.2, 0) is 4.79 Å². The highest BCUT2D eigenvalue weighted by molar-refractivity contribution is 5.89. The van der Waals surface area contributed by atoms with Crippen molar-refractivity contribution in [1.29, 1.82) is 0 Å². The second kappa shape index (κ2) is 5.68. The summed E-state index contributed by atoms with van der Waals surface area (Å²) in [4.78, 5) is 11.0. The minimum absolute atomic E-state index is 0.0403. The molecule has 1 atom stereocenters. The van der Waals surface area contributed by atoms with Gasteiger partial charge in [0, 0.05) is 30.9 Å². The highest BCUT2D eigenvalue weighted by Gasteiger charge is 2.12. The van der Waals surface area contributed by atoms with Gasteiger partial charge in [0.2, 0.25) is 5.91 Å². The van der Waals surface area contributed by atoms with Gasteiger partial charge in [-0.05, 0) is 37.6 Å². The van der Waals surface area contributed by atoms with Crippen molar-refractivity contribution in [3.8, 4) is 0 Å². The Kier molecular flexibility index (Phi) is 3.98. The summed E-state index contributed by atoms with van der Waals surface area (Å²) < 4.78 is 0. The van der Waals surface area contributed by atoms with Gasteiger partial charge in [-0.1, -0.05) is 6.07 Å². The molecule has 1 aliphatic heterocycles. The summed E-state index contributed by atoms with van der Waals surface area (Å²) in [6.45, 7) is 3.64. The molecule has 1 fully saturated rings. The maximum Gasteiger partial charge on any atom is 0.221 e. The number of carbonyl (C=O) groups is 1. The van der Waals surface area contributed by atoms with Gasteiger partial charge in [0.05, 0.1) is 0 Å². The molecule has 0 aliphatic carbocycles. The van der Waals surface area contributed by atoms with Crippen molar-refractivity contribution < 1.29 is 4.79 Å². The maximum absolute atomic E-state index is 11.0. The number of anilines is 2. The molecule has 1 aromatic rings. The Hall–Kier alpha value is -1.55. The molecule has 1 aliphatic rings. The summed E-state index contributed by atoms with van der Waals surface area (Å²) >= 11 is 0. The molecule has 1 amide bonds. The molecule has 0 bridgehead atoms. The largest absolute Gasteiger partial charge is 0.381 e. The van der Waals surface area contributed by atoms with Crippen molar-refractivity contribution in [3.63, 3.8) is 0 Å². The first-order valence-corrected chi connectivity index (χ1v) is 6.09. The molecule has 17 heavy (non-hydrogen) atoms. The van der Waals surface area contributed by atoms with Gasteiger partial charge >= 0.3 is 0 Å². The minimum atomic E-state index is -0.0403. The minimum Gasteiger partial charge on any atom is -0.381 e. The molecule has 1 unspecified atom stereocenters. The Labute approximate surface area is 102 Å². The smallest absolute Gasteiger partial charge is 0.221 e. The third-order valence-corrected chi connectivity index (χ3v) is 2.85. The van der Waals surface area contributed by atoms with Crippen molar-refractivity contribution in [1.82, 2.24) is 5.32 Å². The molecule has 0 aromatic heterocycles. The summed E-state index contributed by atoms with van der Waals surface area (Å²) in [5, 5.41) is 9.64. The lowest BCUT2D eigenvalue weighted by Crippen LogP contribution is -2.38. The van der Waals surface area contributed by atoms with Gasteiger partial charge in [-0.25, -0.2) is 0 Å². The van der Waals surface area contributed by atoms with E-state index >= 15 is 0 Å². The van der Waals surface area contributed by atoms with Gasteiger partial charge in [0.25, 0.3) is 0 Å². The van der Waals surface area contributed by atoms with Crippen molar-refractivity contribution in [2.45, 2.75) is 25.8 Å². The van der Waals surface area contributed by atoms with Crippen LogP contribution in [0.15, 0.2) is 24.3 Å². The molecular weight excluding hydrogens is 214 g/mol. The molecule has 0 radical (unpaired) electrons. The third kappa shape index (κ3) is 3.75. The van der Waals surface area contributed by atoms with Crippen LogP contribution < -0.4 is 16.0 Å². The van der Waals surface area contributed by atoms with Crippen molar-refractivity contribution in [3.05, 3.63) is 24.3 Å². The van der Waals surface area contributed by atoms with E-state index in [-0.39, 0.29) is 5.91 Å². The number of benzene rings is 1. The van der Waals surface area contributed by atoms with Gasteiger partial charge in [0.15, 0.2) is 0 Å². The second-order valence-corrected chi connectivity index (χ2v) is 4.45. The fourth-order valence-electron chi connectivity index (χ4n) is 2.10. The fraction of sp³-hybridized carbons (Fsp3) is 0.462. The Morgan fingerprint density at radius 3 is 2.94 bits per heavy atom. The molecule has 1 heterocycles. The highest BCUT2D eigenvalue weighted by Crippen LogP contribution is 2.17. The van der Waals surface area contributed by atoms with E-state index in [0.29, 0.717) is 6.04 Å². The normalized spacial score (nSPS) is 19.7. The predicted octanol–water partition coefficient (Wildman–Crippen LogP) is 1.81. The Bertz CT molecular complexity index is 386. The Morgan fingerprint density at radius 2 is 2.24 bits per heavy atom. The van der Waals surface area contributed by atoms with E-state index in [1.165, 1.54) is 19.8 Å². The van der Waals surface area contributed by atoms with Crippen molar-refractivity contribution in [2.24, 2.45) is 0 Å². The third-order valence-electron chi connectivity index (χ3n) is 2.85. The second-order valence-electron chi connectivity index (χ2n) is 4.45. The summed E-state index contributed by atoms with van der Waals surface area (Å²) in [6.07, 6.45) is 2.40. The average molecular weight is 233 g/mol. The standard InChI is InChI=1S/C13H19N3O/c1-10(17)15-11-4-2-5-12(8-11)16-13-6-3-7-14-9-13/h2,4-5,8,13-14,16H,3,6-7,9H2,1H3,(H,15,17). The van der Waals surface area contributed by atoms with Gasteiger partial charge in [-0.15, -0.1) is 0 Å². The molecule has 1 aromatic carbocycles. The molecule has 1 saturated heterocycles. The summed E-state index contributed by atoms with van der Waals surface area (Å²) in [7, 11) is 0. The van der Waals surface area contributed by atoms with Gasteiger partial charge in [-0.2, -0.15) is 0 Å². The lowest BCUT2D eigenvalue weighted by molar-refractivity contribution is -0.114. The van der Waals surface area contributed by atoms with E-state index in [4.69, 9.17) is 0 Å². The van der Waals surface area contributed by atoms with Crippen LogP contribution in [0.3, 0.4) is 0 Å². The number of hydrogen-bond acceptors (Lipinski definition) is 3. The zero-order chi connectivity index (χ0) is 12.1. The van der Waals surface area contributed by atoms with Crippen LogP contribution in [0.2, 0.25) is 0 Å². The topological polar surface area (TPSA) is 53.2 Å². The van der Waals surface area contributed by atoms with E-state index < -0.39 is 0 Å². The van der Waals surface area contributed by atoms with E-state index in [9.17, 15) is 4.79 Å². The van der Waals surface area contributed by atoms with E-state index in [1.54, 1.807) is 0 Å². The summed E-state index contributed by atoms with van der Waals surface area (Å²) in [5.74, 6) is -0.0403. The predicted molar refractivity (Wildman–Crippen MR) is 70.3 cm³/mol. The molecule has 4 nitrogen and oxygen atoms in total. The Morgan fingerprint density at radius 1 is 1.41 bits per heavy atom. The molecule has 4 heteroatoms. The molecule has 2 rings (SSSR count). The van der Waals surface area contributed by atoms with Crippen LogP contribution in [0.1, 0.15) is 19.8 Å². The summed E-state index contributed by atoms with van der Waals surface area (Å²) in [6, 6.07) is 8.32. The number of carbonyl (C=O) groups excluding carboxylic acids is 1. The van der Waals surface area contributed by atoms with Gasteiger partial charge < -0.3 is 16.0 Å². The quantitative estimate of drug-likeness (QED) is 0.746. The van der Waals surface area contributed by atoms with Gasteiger partial charge in [-0.3, -0.25) is 4.79 Å². The fourth-order valence-corrected chi connectivity index (χ4v) is 2.10.